The molecule has 0 bridgehead atoms. The van der Waals surface area contributed by atoms with Crippen LogP contribution >= 0.6 is 0 Å². The van der Waals surface area contributed by atoms with Crippen molar-refractivity contribution in [2.45, 2.75) is 20.5 Å². The lowest BCUT2D eigenvalue weighted by Gasteiger charge is -2.12. The Kier molecular flexibility index (Phi) is 6.86. The molecule has 0 saturated heterocycles. The van der Waals surface area contributed by atoms with Gasteiger partial charge in [0.05, 0.1) is 23.9 Å². The second-order valence-corrected chi connectivity index (χ2v) is 6.59. The van der Waals surface area contributed by atoms with Crippen LogP contribution in [0.3, 0.4) is 0 Å². The maximum Gasteiger partial charge on any atom is 0.338 e. The molecular formula is C22H21FN2O6. The molecule has 3 aromatic rings. The molecule has 31 heavy (non-hydrogen) atoms. The molecular weight excluding hydrogens is 407 g/mol. The van der Waals surface area contributed by atoms with Gasteiger partial charge in [0, 0.05) is 5.69 Å². The number of rotatable bonds is 8. The smallest absolute Gasteiger partial charge is 0.338 e. The molecule has 0 aliphatic rings. The van der Waals surface area contributed by atoms with E-state index in [4.69, 9.17) is 18.7 Å². The number of ether oxygens (including phenoxy) is 3. The Hall–Kier alpha value is -3.88. The molecule has 0 atom stereocenters. The minimum Gasteiger partial charge on any atom is -0.493 e. The van der Waals surface area contributed by atoms with Crippen LogP contribution in [0.25, 0.3) is 0 Å². The Labute approximate surface area is 177 Å². The van der Waals surface area contributed by atoms with Gasteiger partial charge in [0.2, 0.25) is 0 Å². The average molecular weight is 428 g/mol. The van der Waals surface area contributed by atoms with Crippen LogP contribution in [0.5, 0.6) is 11.5 Å². The number of methoxy groups -OCH3 is 1. The number of carbonyl (C=O) groups is 2. The lowest BCUT2D eigenvalue weighted by molar-refractivity contribution is -0.119. The number of anilines is 1. The molecule has 0 fully saturated rings. The van der Waals surface area contributed by atoms with Crippen molar-refractivity contribution >= 4 is 17.6 Å². The van der Waals surface area contributed by atoms with E-state index in [0.717, 1.165) is 17.3 Å². The maximum atomic E-state index is 13.2. The molecule has 1 N–H and O–H groups in total. The molecule has 3 rings (SSSR count). The number of amides is 1. The van der Waals surface area contributed by atoms with Crippen molar-refractivity contribution in [1.82, 2.24) is 5.16 Å². The van der Waals surface area contributed by atoms with Gasteiger partial charge in [-0.05, 0) is 50.2 Å². The zero-order valence-corrected chi connectivity index (χ0v) is 17.2. The van der Waals surface area contributed by atoms with Gasteiger partial charge in [-0.15, -0.1) is 0 Å². The zero-order chi connectivity index (χ0) is 22.4. The summed E-state index contributed by atoms with van der Waals surface area (Å²) in [6, 6.07) is 9.91. The van der Waals surface area contributed by atoms with Gasteiger partial charge in [0.25, 0.3) is 5.91 Å². The predicted octanol–water partition coefficient (Wildman–Crippen LogP) is 3.81. The summed E-state index contributed by atoms with van der Waals surface area (Å²) in [5.41, 5.74) is 2.01. The molecule has 0 spiro atoms. The first-order chi connectivity index (χ1) is 14.9. The average Bonchev–Trinajstić information content (AvgIpc) is 3.07. The second kappa shape index (κ2) is 9.75. The summed E-state index contributed by atoms with van der Waals surface area (Å²) >= 11 is 0. The molecule has 2 aromatic carbocycles. The van der Waals surface area contributed by atoms with Gasteiger partial charge in [-0.25, -0.2) is 9.18 Å². The number of aryl methyl sites for hydroxylation is 2. The molecule has 1 aromatic heterocycles. The summed E-state index contributed by atoms with van der Waals surface area (Å²) < 4.78 is 34.4. The number of nitrogens with one attached hydrogen (secondary N) is 1. The van der Waals surface area contributed by atoms with E-state index in [1.165, 1.54) is 37.4 Å². The third-order valence-electron chi connectivity index (χ3n) is 4.40. The van der Waals surface area contributed by atoms with Crippen molar-refractivity contribution in [2.24, 2.45) is 0 Å². The number of hydrogen-bond donors (Lipinski definition) is 1. The Morgan fingerprint density at radius 2 is 1.94 bits per heavy atom. The normalized spacial score (nSPS) is 10.5. The van der Waals surface area contributed by atoms with Crippen LogP contribution in [-0.4, -0.2) is 30.7 Å². The second-order valence-electron chi connectivity index (χ2n) is 6.59. The number of aromatic nitrogens is 1. The van der Waals surface area contributed by atoms with E-state index in [9.17, 15) is 14.0 Å². The highest BCUT2D eigenvalue weighted by Gasteiger charge is 2.16. The van der Waals surface area contributed by atoms with Crippen LogP contribution in [0.15, 0.2) is 47.0 Å². The summed E-state index contributed by atoms with van der Waals surface area (Å²) in [6.07, 6.45) is 0. The van der Waals surface area contributed by atoms with Gasteiger partial charge >= 0.3 is 5.97 Å². The van der Waals surface area contributed by atoms with Gasteiger partial charge in [0.15, 0.2) is 18.1 Å². The van der Waals surface area contributed by atoms with E-state index in [-0.39, 0.29) is 17.9 Å². The molecule has 0 unspecified atom stereocenters. The Morgan fingerprint density at radius 1 is 1.13 bits per heavy atom. The minimum absolute atomic E-state index is 0.181. The monoisotopic (exact) mass is 428 g/mol. The van der Waals surface area contributed by atoms with Crippen LogP contribution in [0, 0.1) is 19.7 Å². The Balaban J connectivity index is 1.59. The van der Waals surface area contributed by atoms with Gasteiger partial charge in [-0.2, -0.15) is 0 Å². The fourth-order valence-corrected chi connectivity index (χ4v) is 2.75. The maximum absolute atomic E-state index is 13.2. The highest BCUT2D eigenvalue weighted by molar-refractivity contribution is 5.95. The van der Waals surface area contributed by atoms with Crippen LogP contribution in [-0.2, 0) is 16.1 Å². The predicted molar refractivity (Wildman–Crippen MR) is 109 cm³/mol. The number of halogens is 1. The first kappa shape index (κ1) is 21.8. The van der Waals surface area contributed by atoms with Crippen molar-refractivity contribution < 1.29 is 32.7 Å². The van der Waals surface area contributed by atoms with Crippen LogP contribution in [0.2, 0.25) is 0 Å². The molecule has 1 amide bonds. The van der Waals surface area contributed by atoms with Gasteiger partial charge in [0.1, 0.15) is 18.2 Å². The topological polar surface area (TPSA) is 99.9 Å². The third kappa shape index (κ3) is 5.59. The highest BCUT2D eigenvalue weighted by atomic mass is 19.1. The molecule has 0 saturated carbocycles. The van der Waals surface area contributed by atoms with E-state index < -0.39 is 24.3 Å². The first-order valence-electron chi connectivity index (χ1n) is 9.32. The molecule has 0 aliphatic heterocycles. The first-order valence-corrected chi connectivity index (χ1v) is 9.32. The van der Waals surface area contributed by atoms with Gasteiger partial charge in [-0.3, -0.25) is 4.79 Å². The SMILES string of the molecule is COc1cc(C(=O)OCC(=O)Nc2cccc(F)c2)ccc1OCc1c(C)noc1C. The number of benzene rings is 2. The van der Waals surface area contributed by atoms with E-state index in [1.54, 1.807) is 13.0 Å². The quantitative estimate of drug-likeness (QED) is 0.545. The van der Waals surface area contributed by atoms with Gasteiger partial charge in [-0.1, -0.05) is 11.2 Å². The van der Waals surface area contributed by atoms with Crippen molar-refractivity contribution in [3.05, 3.63) is 70.9 Å². The summed E-state index contributed by atoms with van der Waals surface area (Å²) in [7, 11) is 1.44. The summed E-state index contributed by atoms with van der Waals surface area (Å²) in [6.45, 7) is 3.30. The van der Waals surface area contributed by atoms with E-state index >= 15 is 0 Å². The molecule has 0 aliphatic carbocycles. The minimum atomic E-state index is -0.718. The standard InChI is InChI=1S/C22H21FN2O6/c1-13-18(14(2)31-25-13)11-29-19-8-7-15(9-20(19)28-3)22(27)30-12-21(26)24-17-6-4-5-16(23)10-17/h4-10H,11-12H2,1-3H3,(H,24,26). The van der Waals surface area contributed by atoms with Crippen LogP contribution < -0.4 is 14.8 Å². The van der Waals surface area contributed by atoms with Crippen molar-refractivity contribution in [2.75, 3.05) is 19.0 Å². The molecule has 0 radical (unpaired) electrons. The molecule has 8 nitrogen and oxygen atoms in total. The summed E-state index contributed by atoms with van der Waals surface area (Å²) in [5, 5.41) is 6.32. The van der Waals surface area contributed by atoms with Gasteiger partial charge < -0.3 is 24.1 Å². The van der Waals surface area contributed by atoms with Crippen LogP contribution in [0.1, 0.15) is 27.4 Å². The zero-order valence-electron chi connectivity index (χ0n) is 17.2. The number of carbonyl (C=O) groups excluding carboxylic acids is 2. The van der Waals surface area contributed by atoms with E-state index in [2.05, 4.69) is 10.5 Å². The fourth-order valence-electron chi connectivity index (χ4n) is 2.75. The summed E-state index contributed by atoms with van der Waals surface area (Å²) in [5.74, 6) is -0.393. The van der Waals surface area contributed by atoms with E-state index in [1.807, 2.05) is 6.92 Å². The Bertz CT molecular complexity index is 1080. The Morgan fingerprint density at radius 3 is 2.61 bits per heavy atom. The van der Waals surface area contributed by atoms with Crippen molar-refractivity contribution in [3.63, 3.8) is 0 Å². The molecule has 1 heterocycles. The number of esters is 1. The molecule has 162 valence electrons. The number of hydrogen-bond acceptors (Lipinski definition) is 7. The highest BCUT2D eigenvalue weighted by Crippen LogP contribution is 2.29. The number of nitrogens with zero attached hydrogens (tertiary/aromatic N) is 1. The van der Waals surface area contributed by atoms with Crippen molar-refractivity contribution in [1.29, 1.82) is 0 Å². The largest absolute Gasteiger partial charge is 0.493 e. The third-order valence-corrected chi connectivity index (χ3v) is 4.40. The molecule has 9 heteroatoms. The summed E-state index contributed by atoms with van der Waals surface area (Å²) in [4.78, 5) is 24.2. The van der Waals surface area contributed by atoms with Crippen molar-refractivity contribution in [3.8, 4) is 11.5 Å². The van der Waals surface area contributed by atoms with E-state index in [0.29, 0.717) is 17.3 Å². The lowest BCUT2D eigenvalue weighted by Crippen LogP contribution is -2.21. The lowest BCUT2D eigenvalue weighted by atomic mass is 10.2. The van der Waals surface area contributed by atoms with Crippen LogP contribution in [0.4, 0.5) is 10.1 Å². The fraction of sp³-hybridized carbons (Fsp3) is 0.227.